The Bertz CT molecular complexity index is 917. The lowest BCUT2D eigenvalue weighted by Gasteiger charge is -2.28. The molecule has 2 heterocycles. The molecule has 0 aromatic heterocycles. The first kappa shape index (κ1) is 27.5. The molecule has 1 aromatic carbocycles. The number of piperidine rings is 1. The van der Waals surface area contributed by atoms with Gasteiger partial charge in [0.15, 0.2) is 12.0 Å². The van der Waals surface area contributed by atoms with E-state index in [0.717, 1.165) is 38.0 Å². The van der Waals surface area contributed by atoms with Crippen molar-refractivity contribution in [1.82, 2.24) is 26.2 Å². The number of ether oxygens (including phenoxy) is 2. The van der Waals surface area contributed by atoms with Gasteiger partial charge in [-0.25, -0.2) is 9.79 Å². The molecule has 1 saturated heterocycles. The predicted octanol–water partition coefficient (Wildman–Crippen LogP) is 2.19. The van der Waals surface area contributed by atoms with Crippen LogP contribution in [0.25, 0.3) is 0 Å². The van der Waals surface area contributed by atoms with Crippen molar-refractivity contribution in [3.63, 3.8) is 0 Å². The highest BCUT2D eigenvalue weighted by Crippen LogP contribution is 2.15. The van der Waals surface area contributed by atoms with Crippen molar-refractivity contribution >= 4 is 18.2 Å². The van der Waals surface area contributed by atoms with Crippen molar-refractivity contribution in [3.8, 4) is 0 Å². The van der Waals surface area contributed by atoms with Crippen molar-refractivity contribution in [3.05, 3.63) is 47.4 Å². The van der Waals surface area contributed by atoms with Crippen LogP contribution in [0.15, 0.2) is 41.2 Å². The monoisotopic (exact) mass is 500 g/mol. The van der Waals surface area contributed by atoms with Gasteiger partial charge in [0.05, 0.1) is 6.21 Å². The van der Waals surface area contributed by atoms with Crippen LogP contribution in [0.2, 0.25) is 0 Å². The first-order valence-corrected chi connectivity index (χ1v) is 12.6. The third-order valence-corrected chi connectivity index (χ3v) is 5.88. The molecule has 0 spiro atoms. The van der Waals surface area contributed by atoms with Gasteiger partial charge >= 0.3 is 6.09 Å². The Morgan fingerprint density at radius 3 is 2.47 bits per heavy atom. The van der Waals surface area contributed by atoms with Crippen LogP contribution < -0.4 is 21.3 Å². The highest BCUT2D eigenvalue weighted by Gasteiger charge is 2.18. The quantitative estimate of drug-likeness (QED) is 0.364. The van der Waals surface area contributed by atoms with Gasteiger partial charge in [0.2, 0.25) is 0 Å². The van der Waals surface area contributed by atoms with Crippen LogP contribution in [-0.2, 0) is 16.1 Å². The molecule has 2 aliphatic heterocycles. The summed E-state index contributed by atoms with van der Waals surface area (Å²) < 4.78 is 11.0. The molecule has 0 bridgehead atoms. The van der Waals surface area contributed by atoms with E-state index in [1.165, 1.54) is 0 Å². The Kier molecular flexibility index (Phi) is 10.1. The normalized spacial score (nSPS) is 18.7. The average Bonchev–Trinajstić information content (AvgIpc) is 2.85. The standard InChI is InChI=1S/C26H40N6O4/c1-26(2,3)36-25(34)28-12-11-27-24-30-16-22(17-31-24)35-18-20-5-7-21(8-6-20)23(33)29-15-19-9-13-32(4)14-10-19/h5-8,16-17,19,24,27,30H,9-15,18H2,1-4H3,(H,28,34)(H,29,33). The third-order valence-electron chi connectivity index (χ3n) is 5.88. The lowest BCUT2D eigenvalue weighted by Crippen LogP contribution is -2.44. The van der Waals surface area contributed by atoms with Gasteiger partial charge < -0.3 is 30.3 Å². The summed E-state index contributed by atoms with van der Waals surface area (Å²) >= 11 is 0. The van der Waals surface area contributed by atoms with Crippen LogP contribution >= 0.6 is 0 Å². The molecule has 1 aromatic rings. The second-order valence-electron chi connectivity index (χ2n) is 10.2. The predicted molar refractivity (Wildman–Crippen MR) is 140 cm³/mol. The third kappa shape index (κ3) is 9.87. The smallest absolute Gasteiger partial charge is 0.407 e. The number of carbonyl (C=O) groups excluding carboxylic acids is 2. The SMILES string of the molecule is CN1CCC(CNC(=O)c2ccc(COC3=CNC(NCCNC(=O)OC(C)(C)C)N=C3)cc2)CC1. The molecule has 0 radical (unpaired) electrons. The summed E-state index contributed by atoms with van der Waals surface area (Å²) in [6.45, 7) is 9.70. The molecule has 1 atom stereocenters. The van der Waals surface area contributed by atoms with Gasteiger partial charge in [0.1, 0.15) is 12.2 Å². The van der Waals surface area contributed by atoms with E-state index in [1.807, 2.05) is 45.0 Å². The first-order chi connectivity index (χ1) is 17.2. The zero-order valence-corrected chi connectivity index (χ0v) is 21.8. The van der Waals surface area contributed by atoms with Crippen LogP contribution in [0.4, 0.5) is 4.79 Å². The molecule has 36 heavy (non-hydrogen) atoms. The maximum absolute atomic E-state index is 12.5. The molecule has 0 aliphatic carbocycles. The Morgan fingerprint density at radius 2 is 1.83 bits per heavy atom. The number of alkyl carbamates (subject to hydrolysis) is 1. The van der Waals surface area contributed by atoms with Crippen molar-refractivity contribution < 1.29 is 19.1 Å². The van der Waals surface area contributed by atoms with Gasteiger partial charge in [-0.05, 0) is 77.4 Å². The molecule has 198 valence electrons. The lowest BCUT2D eigenvalue weighted by molar-refractivity contribution is 0.0527. The number of allylic oxidation sites excluding steroid dienone is 1. The maximum atomic E-state index is 12.5. The Balaban J connectivity index is 1.30. The van der Waals surface area contributed by atoms with Crippen LogP contribution in [0.1, 0.15) is 49.5 Å². The fraction of sp³-hybridized carbons (Fsp3) is 0.577. The van der Waals surface area contributed by atoms with Gasteiger partial charge in [0.25, 0.3) is 5.91 Å². The van der Waals surface area contributed by atoms with E-state index in [0.29, 0.717) is 36.9 Å². The molecule has 0 saturated carbocycles. The Hall–Kier alpha value is -3.11. The number of amides is 2. The van der Waals surface area contributed by atoms with Gasteiger partial charge in [-0.1, -0.05) is 12.1 Å². The van der Waals surface area contributed by atoms with Crippen LogP contribution in [0, 0.1) is 5.92 Å². The largest absolute Gasteiger partial charge is 0.486 e. The van der Waals surface area contributed by atoms with E-state index in [-0.39, 0.29) is 12.2 Å². The second kappa shape index (κ2) is 13.3. The number of aliphatic imine (C=N–C) groups is 1. The minimum atomic E-state index is -0.517. The summed E-state index contributed by atoms with van der Waals surface area (Å²) in [7, 11) is 2.14. The van der Waals surface area contributed by atoms with Gasteiger partial charge in [-0.3, -0.25) is 10.1 Å². The number of carbonyl (C=O) groups is 2. The van der Waals surface area contributed by atoms with E-state index < -0.39 is 11.7 Å². The molecule has 2 amide bonds. The molecular weight excluding hydrogens is 460 g/mol. The molecule has 10 nitrogen and oxygen atoms in total. The number of benzene rings is 1. The summed E-state index contributed by atoms with van der Waals surface area (Å²) in [6, 6.07) is 7.46. The molecule has 3 rings (SSSR count). The maximum Gasteiger partial charge on any atom is 0.407 e. The number of nitrogens with zero attached hydrogens (tertiary/aromatic N) is 2. The van der Waals surface area contributed by atoms with Gasteiger partial charge in [-0.15, -0.1) is 0 Å². The number of hydrogen-bond acceptors (Lipinski definition) is 8. The van der Waals surface area contributed by atoms with E-state index in [2.05, 4.69) is 38.2 Å². The van der Waals surface area contributed by atoms with Crippen LogP contribution in [0.5, 0.6) is 0 Å². The summed E-state index contributed by atoms with van der Waals surface area (Å²) in [5, 5.41) is 12.0. The summed E-state index contributed by atoms with van der Waals surface area (Å²) in [5.41, 5.74) is 1.10. The minimum absolute atomic E-state index is 0.0347. The zero-order chi connectivity index (χ0) is 26.0. The Labute approximate surface area is 213 Å². The number of hydrogen-bond donors (Lipinski definition) is 4. The van der Waals surface area contributed by atoms with Crippen molar-refractivity contribution in [2.24, 2.45) is 10.9 Å². The molecule has 1 unspecified atom stereocenters. The first-order valence-electron chi connectivity index (χ1n) is 12.6. The van der Waals surface area contributed by atoms with Crippen molar-refractivity contribution in [1.29, 1.82) is 0 Å². The molecule has 10 heteroatoms. The lowest BCUT2D eigenvalue weighted by atomic mass is 9.97. The fourth-order valence-corrected chi connectivity index (χ4v) is 3.79. The second-order valence-corrected chi connectivity index (χ2v) is 10.2. The number of rotatable bonds is 10. The number of likely N-dealkylation sites (tertiary alicyclic amines) is 1. The van der Waals surface area contributed by atoms with E-state index in [9.17, 15) is 9.59 Å². The topological polar surface area (TPSA) is 116 Å². The van der Waals surface area contributed by atoms with E-state index in [4.69, 9.17) is 9.47 Å². The van der Waals surface area contributed by atoms with Crippen LogP contribution in [0.3, 0.4) is 0 Å². The van der Waals surface area contributed by atoms with Crippen molar-refractivity contribution in [2.45, 2.75) is 52.1 Å². The summed E-state index contributed by atoms with van der Waals surface area (Å²) in [6.07, 6.45) is 4.91. The summed E-state index contributed by atoms with van der Waals surface area (Å²) in [5.74, 6) is 1.13. The van der Waals surface area contributed by atoms with Gasteiger partial charge in [0, 0.05) is 31.4 Å². The average molecular weight is 501 g/mol. The van der Waals surface area contributed by atoms with E-state index in [1.54, 1.807) is 12.4 Å². The van der Waals surface area contributed by atoms with Crippen LogP contribution in [-0.4, -0.2) is 74.8 Å². The molecular formula is C26H40N6O4. The molecule has 4 N–H and O–H groups in total. The molecule has 2 aliphatic rings. The highest BCUT2D eigenvalue weighted by atomic mass is 16.6. The minimum Gasteiger partial charge on any atom is -0.486 e. The van der Waals surface area contributed by atoms with Gasteiger partial charge in [-0.2, -0.15) is 0 Å². The fourth-order valence-electron chi connectivity index (χ4n) is 3.79. The highest BCUT2D eigenvalue weighted by molar-refractivity contribution is 5.94. The Morgan fingerprint density at radius 1 is 1.11 bits per heavy atom. The van der Waals surface area contributed by atoms with E-state index >= 15 is 0 Å². The summed E-state index contributed by atoms with van der Waals surface area (Å²) in [4.78, 5) is 30.8. The molecule has 1 fully saturated rings. The number of nitrogens with one attached hydrogen (secondary N) is 4. The zero-order valence-electron chi connectivity index (χ0n) is 21.8. The van der Waals surface area contributed by atoms with Crippen molar-refractivity contribution in [2.75, 3.05) is 39.8 Å².